The van der Waals surface area contributed by atoms with Gasteiger partial charge in [-0.3, -0.25) is 0 Å². The molecule has 1 aromatic rings. The maximum atomic E-state index is 5.53. The summed E-state index contributed by atoms with van der Waals surface area (Å²) >= 11 is 0. The van der Waals surface area contributed by atoms with Crippen LogP contribution in [0.15, 0.2) is 30.5 Å². The fraction of sp³-hybridized carbons (Fsp3) is 0.300. The van der Waals surface area contributed by atoms with Gasteiger partial charge in [-0.05, 0) is 25.0 Å². The van der Waals surface area contributed by atoms with Crippen molar-refractivity contribution >= 4 is 11.5 Å². The third-order valence-electron chi connectivity index (χ3n) is 2.15. The zero-order valence-electron chi connectivity index (χ0n) is 7.40. The van der Waals surface area contributed by atoms with E-state index in [1.807, 2.05) is 12.1 Å². The summed E-state index contributed by atoms with van der Waals surface area (Å²) in [6.45, 7) is 0. The maximum Gasteiger partial charge on any atom is 0.126 e. The Hall–Kier alpha value is -1.51. The number of nitrogens with zero attached hydrogens (tertiary/aromatic N) is 1. The average Bonchev–Trinajstić information content (AvgIpc) is 2.62. The molecule has 0 fully saturated rings. The highest BCUT2D eigenvalue weighted by Gasteiger charge is 2.09. The Morgan fingerprint density at radius 3 is 2.69 bits per heavy atom. The van der Waals surface area contributed by atoms with Gasteiger partial charge in [0.2, 0.25) is 0 Å². The summed E-state index contributed by atoms with van der Waals surface area (Å²) in [5.74, 6) is 0.905. The second kappa shape index (κ2) is 3.47. The van der Waals surface area contributed by atoms with E-state index < -0.39 is 0 Å². The van der Waals surface area contributed by atoms with Crippen LogP contribution in [0.3, 0.4) is 0 Å². The van der Waals surface area contributed by atoms with Gasteiger partial charge in [-0.2, -0.15) is 0 Å². The summed E-state index contributed by atoms with van der Waals surface area (Å²) in [5.41, 5.74) is 6.24. The molecule has 0 unspecified atom stereocenters. The van der Waals surface area contributed by atoms with E-state index >= 15 is 0 Å². The van der Waals surface area contributed by atoms with Gasteiger partial charge in [-0.25, -0.2) is 4.98 Å². The van der Waals surface area contributed by atoms with Crippen LogP contribution < -0.4 is 11.1 Å². The lowest BCUT2D eigenvalue weighted by Gasteiger charge is -2.12. The van der Waals surface area contributed by atoms with Gasteiger partial charge in [0.25, 0.3) is 0 Å². The van der Waals surface area contributed by atoms with Crippen molar-refractivity contribution in [2.75, 3.05) is 11.1 Å². The summed E-state index contributed by atoms with van der Waals surface area (Å²) in [7, 11) is 0. The molecule has 3 N–H and O–H groups in total. The van der Waals surface area contributed by atoms with E-state index in [4.69, 9.17) is 5.73 Å². The molecule has 0 aromatic carbocycles. The molecular weight excluding hydrogens is 162 g/mol. The zero-order chi connectivity index (χ0) is 9.10. The lowest BCUT2D eigenvalue weighted by molar-refractivity contribution is 0.781. The molecule has 0 spiro atoms. The number of hydrogen-bond acceptors (Lipinski definition) is 3. The van der Waals surface area contributed by atoms with E-state index in [1.54, 1.807) is 6.20 Å². The minimum atomic E-state index is 0.510. The van der Waals surface area contributed by atoms with Crippen molar-refractivity contribution in [3.05, 3.63) is 30.5 Å². The third kappa shape index (κ3) is 1.99. The normalized spacial score (nSPS) is 16.3. The predicted octanol–water partition coefficient (Wildman–Crippen LogP) is 1.79. The van der Waals surface area contributed by atoms with E-state index in [2.05, 4.69) is 22.5 Å². The second-order valence-electron chi connectivity index (χ2n) is 3.26. The Morgan fingerprint density at radius 1 is 1.31 bits per heavy atom. The van der Waals surface area contributed by atoms with Gasteiger partial charge >= 0.3 is 0 Å². The molecule has 1 aliphatic rings. The molecule has 0 saturated heterocycles. The molecule has 0 amide bonds. The second-order valence-corrected chi connectivity index (χ2v) is 3.26. The molecule has 3 nitrogen and oxygen atoms in total. The van der Waals surface area contributed by atoms with Gasteiger partial charge in [0, 0.05) is 6.04 Å². The van der Waals surface area contributed by atoms with Crippen LogP contribution in [0.25, 0.3) is 0 Å². The summed E-state index contributed by atoms with van der Waals surface area (Å²) in [5, 5.41) is 3.34. The molecule has 3 heteroatoms. The Bertz CT molecular complexity index is 294. The SMILES string of the molecule is Nc1ccc(NC2CC=CC2)nc1. The Morgan fingerprint density at radius 2 is 2.08 bits per heavy atom. The summed E-state index contributed by atoms with van der Waals surface area (Å²) in [4.78, 5) is 4.18. The van der Waals surface area contributed by atoms with Crippen LogP contribution in [0.1, 0.15) is 12.8 Å². The highest BCUT2D eigenvalue weighted by atomic mass is 15.0. The fourth-order valence-corrected chi connectivity index (χ4v) is 1.43. The molecule has 1 heterocycles. The van der Waals surface area contributed by atoms with Crippen LogP contribution in [0.5, 0.6) is 0 Å². The lowest BCUT2D eigenvalue weighted by atomic mass is 10.2. The topological polar surface area (TPSA) is 50.9 Å². The molecule has 0 saturated carbocycles. The molecule has 0 bridgehead atoms. The van der Waals surface area contributed by atoms with E-state index in [0.717, 1.165) is 18.7 Å². The van der Waals surface area contributed by atoms with E-state index in [1.165, 1.54) is 0 Å². The van der Waals surface area contributed by atoms with Crippen LogP contribution in [0.4, 0.5) is 11.5 Å². The molecule has 0 radical (unpaired) electrons. The molecule has 68 valence electrons. The summed E-state index contributed by atoms with van der Waals surface area (Å²) < 4.78 is 0. The molecule has 0 atom stereocenters. The Balaban J connectivity index is 1.97. The smallest absolute Gasteiger partial charge is 0.126 e. The number of nitrogens with one attached hydrogen (secondary N) is 1. The number of aromatic nitrogens is 1. The van der Waals surface area contributed by atoms with Gasteiger partial charge in [0.05, 0.1) is 11.9 Å². The maximum absolute atomic E-state index is 5.53. The summed E-state index contributed by atoms with van der Waals surface area (Å²) in [6.07, 6.45) is 8.23. The van der Waals surface area contributed by atoms with Crippen molar-refractivity contribution < 1.29 is 0 Å². The number of pyridine rings is 1. The van der Waals surface area contributed by atoms with Gasteiger partial charge < -0.3 is 11.1 Å². The first-order valence-electron chi connectivity index (χ1n) is 4.47. The Kier molecular flexibility index (Phi) is 2.17. The number of rotatable bonds is 2. The van der Waals surface area contributed by atoms with Crippen molar-refractivity contribution in [3.8, 4) is 0 Å². The molecule has 0 aliphatic heterocycles. The van der Waals surface area contributed by atoms with Gasteiger partial charge in [0.15, 0.2) is 0 Å². The molecular formula is C10H13N3. The van der Waals surface area contributed by atoms with E-state index in [0.29, 0.717) is 11.7 Å². The fourth-order valence-electron chi connectivity index (χ4n) is 1.43. The molecule has 13 heavy (non-hydrogen) atoms. The highest BCUT2D eigenvalue weighted by Crippen LogP contribution is 2.15. The summed E-state index contributed by atoms with van der Waals surface area (Å²) in [6, 6.07) is 4.28. The number of hydrogen-bond donors (Lipinski definition) is 2. The largest absolute Gasteiger partial charge is 0.397 e. The van der Waals surface area contributed by atoms with Crippen LogP contribution >= 0.6 is 0 Å². The first kappa shape index (κ1) is 8.10. The van der Waals surface area contributed by atoms with Crippen molar-refractivity contribution in [3.63, 3.8) is 0 Å². The van der Waals surface area contributed by atoms with Crippen LogP contribution in [0, 0.1) is 0 Å². The minimum Gasteiger partial charge on any atom is -0.397 e. The standard InChI is InChI=1S/C10H13N3/c11-8-5-6-10(12-7-8)13-9-3-1-2-4-9/h1-2,5-7,9H,3-4,11H2,(H,12,13). The Labute approximate surface area is 77.7 Å². The van der Waals surface area contributed by atoms with E-state index in [-0.39, 0.29) is 0 Å². The molecule has 1 aromatic heterocycles. The van der Waals surface area contributed by atoms with Gasteiger partial charge in [0.1, 0.15) is 5.82 Å². The zero-order valence-corrected chi connectivity index (χ0v) is 7.40. The number of nitrogens with two attached hydrogens (primary N) is 1. The van der Waals surface area contributed by atoms with E-state index in [9.17, 15) is 0 Å². The quantitative estimate of drug-likeness (QED) is 0.674. The number of anilines is 2. The van der Waals surface area contributed by atoms with Crippen molar-refractivity contribution in [1.82, 2.24) is 4.98 Å². The van der Waals surface area contributed by atoms with Gasteiger partial charge in [-0.15, -0.1) is 0 Å². The highest BCUT2D eigenvalue weighted by molar-refractivity contribution is 5.44. The molecule has 2 rings (SSSR count). The average molecular weight is 175 g/mol. The van der Waals surface area contributed by atoms with Crippen molar-refractivity contribution in [2.24, 2.45) is 0 Å². The monoisotopic (exact) mass is 175 g/mol. The van der Waals surface area contributed by atoms with Crippen molar-refractivity contribution in [2.45, 2.75) is 18.9 Å². The lowest BCUT2D eigenvalue weighted by Crippen LogP contribution is -2.15. The first-order valence-corrected chi connectivity index (χ1v) is 4.47. The number of nitrogen functional groups attached to an aromatic ring is 1. The third-order valence-corrected chi connectivity index (χ3v) is 2.15. The van der Waals surface area contributed by atoms with Crippen LogP contribution in [-0.2, 0) is 0 Å². The van der Waals surface area contributed by atoms with Crippen LogP contribution in [-0.4, -0.2) is 11.0 Å². The van der Waals surface area contributed by atoms with Gasteiger partial charge in [-0.1, -0.05) is 12.2 Å². The predicted molar refractivity (Wildman–Crippen MR) is 54.4 cm³/mol. The van der Waals surface area contributed by atoms with Crippen molar-refractivity contribution in [1.29, 1.82) is 0 Å². The first-order chi connectivity index (χ1) is 6.34. The van der Waals surface area contributed by atoms with Crippen LogP contribution in [0.2, 0.25) is 0 Å². The minimum absolute atomic E-state index is 0.510. The molecule has 1 aliphatic carbocycles.